The molecule has 0 aromatic heterocycles. The zero-order chi connectivity index (χ0) is 13.6. The second-order valence-electron chi connectivity index (χ2n) is 4.31. The lowest BCUT2D eigenvalue weighted by Crippen LogP contribution is -2.03. The number of rotatable bonds is 11. The first-order valence-corrected chi connectivity index (χ1v) is 6.73. The summed E-state index contributed by atoms with van der Waals surface area (Å²) < 4.78 is 4.75. The van der Waals surface area contributed by atoms with Gasteiger partial charge in [0.25, 0.3) is 0 Å². The first-order chi connectivity index (χ1) is 8.66. The molecule has 0 aliphatic heterocycles. The van der Waals surface area contributed by atoms with Crippen LogP contribution in [-0.4, -0.2) is 17.0 Å². The van der Waals surface area contributed by atoms with Crippen LogP contribution in [0.15, 0.2) is 12.3 Å². The minimum absolute atomic E-state index is 0.0727. The summed E-state index contributed by atoms with van der Waals surface area (Å²) in [5.74, 6) is -1.47. The molecule has 4 nitrogen and oxygen atoms in total. The fourth-order valence-electron chi connectivity index (χ4n) is 1.50. The van der Waals surface area contributed by atoms with Crippen LogP contribution < -0.4 is 0 Å². The van der Waals surface area contributed by atoms with Crippen LogP contribution in [0.25, 0.3) is 0 Å². The number of carbonyl (C=O) groups excluding carboxylic acids is 1. The van der Waals surface area contributed by atoms with E-state index < -0.39 is 11.9 Å². The van der Waals surface area contributed by atoms with Gasteiger partial charge in [-0.15, -0.1) is 0 Å². The van der Waals surface area contributed by atoms with Crippen LogP contribution >= 0.6 is 0 Å². The number of hydrogen-bond donors (Lipinski definition) is 1. The second kappa shape index (κ2) is 12.1. The van der Waals surface area contributed by atoms with E-state index in [0.29, 0.717) is 0 Å². The van der Waals surface area contributed by atoms with Crippen LogP contribution in [-0.2, 0) is 14.3 Å². The van der Waals surface area contributed by atoms with Gasteiger partial charge in [0.2, 0.25) is 0 Å². The average Bonchev–Trinajstić information content (AvgIpc) is 2.34. The number of unbranched alkanes of at least 4 members (excludes halogenated alkanes) is 6. The highest BCUT2D eigenvalue weighted by Gasteiger charge is 2.04. The molecular weight excluding hydrogens is 232 g/mol. The Morgan fingerprint density at radius 3 is 2.39 bits per heavy atom. The largest absolute Gasteiger partial charge is 0.481 e. The number of hydrogen-bond acceptors (Lipinski definition) is 3. The highest BCUT2D eigenvalue weighted by Crippen LogP contribution is 2.07. The van der Waals surface area contributed by atoms with Gasteiger partial charge in [-0.1, -0.05) is 39.0 Å². The molecular formula is C14H24O4. The molecule has 0 amide bonds. The smallest absolute Gasteiger partial charge is 0.311 e. The first kappa shape index (κ1) is 16.7. The normalized spacial score (nSPS) is 10.7. The molecule has 0 bridgehead atoms. The third-order valence-electron chi connectivity index (χ3n) is 2.56. The van der Waals surface area contributed by atoms with Crippen LogP contribution in [0, 0.1) is 0 Å². The van der Waals surface area contributed by atoms with Crippen molar-refractivity contribution in [2.24, 2.45) is 0 Å². The van der Waals surface area contributed by atoms with Crippen molar-refractivity contribution in [3.05, 3.63) is 12.3 Å². The van der Waals surface area contributed by atoms with E-state index in [9.17, 15) is 9.59 Å². The molecule has 0 radical (unpaired) electrons. The average molecular weight is 256 g/mol. The molecule has 0 rings (SSSR count). The van der Waals surface area contributed by atoms with Gasteiger partial charge >= 0.3 is 11.9 Å². The van der Waals surface area contributed by atoms with Gasteiger partial charge in [0.1, 0.15) is 0 Å². The molecule has 1 N–H and O–H groups in total. The number of esters is 1. The molecule has 0 aliphatic rings. The third kappa shape index (κ3) is 12.7. The van der Waals surface area contributed by atoms with Gasteiger partial charge in [-0.25, -0.2) is 0 Å². The topological polar surface area (TPSA) is 63.6 Å². The summed E-state index contributed by atoms with van der Waals surface area (Å²) >= 11 is 0. The molecule has 0 heterocycles. The summed E-state index contributed by atoms with van der Waals surface area (Å²) in [6, 6.07) is 0. The molecule has 0 aromatic carbocycles. The van der Waals surface area contributed by atoms with Crippen molar-refractivity contribution in [1.29, 1.82) is 0 Å². The Hall–Kier alpha value is -1.32. The van der Waals surface area contributed by atoms with E-state index in [1.54, 1.807) is 0 Å². The lowest BCUT2D eigenvalue weighted by molar-refractivity contribution is -0.144. The minimum atomic E-state index is -0.983. The van der Waals surface area contributed by atoms with Crippen molar-refractivity contribution in [3.63, 3.8) is 0 Å². The van der Waals surface area contributed by atoms with E-state index in [4.69, 9.17) is 9.84 Å². The molecule has 0 atom stereocenters. The van der Waals surface area contributed by atoms with Gasteiger partial charge in [0, 0.05) is 0 Å². The Labute approximate surface area is 109 Å². The predicted molar refractivity (Wildman–Crippen MR) is 70.1 cm³/mol. The molecule has 0 aliphatic carbocycles. The maximum atomic E-state index is 11.0. The quantitative estimate of drug-likeness (QED) is 0.348. The number of carboxylic acids is 1. The molecule has 4 heteroatoms. The minimum Gasteiger partial charge on any atom is -0.481 e. The summed E-state index contributed by atoms with van der Waals surface area (Å²) in [6.07, 6.45) is 11.3. The van der Waals surface area contributed by atoms with Gasteiger partial charge < -0.3 is 9.84 Å². The number of ether oxygens (including phenoxy) is 1. The number of carbonyl (C=O) groups is 2. The second-order valence-corrected chi connectivity index (χ2v) is 4.31. The highest BCUT2D eigenvalue weighted by atomic mass is 16.5. The standard InChI is InChI=1S/C14H24O4/c1-2-3-4-5-6-7-8-9-12-18-14(17)11-10-13(15)16/h9,12H,2-8,10-11H2,1H3,(H,15,16)/b12-9+. The fourth-order valence-corrected chi connectivity index (χ4v) is 1.50. The molecule has 0 saturated heterocycles. The van der Waals surface area contributed by atoms with Crippen molar-refractivity contribution >= 4 is 11.9 Å². The number of allylic oxidation sites excluding steroid dienone is 1. The molecule has 18 heavy (non-hydrogen) atoms. The Morgan fingerprint density at radius 2 is 1.72 bits per heavy atom. The van der Waals surface area contributed by atoms with Gasteiger partial charge in [-0.2, -0.15) is 0 Å². The Kier molecular flexibility index (Phi) is 11.3. The zero-order valence-electron chi connectivity index (χ0n) is 11.2. The Morgan fingerprint density at radius 1 is 1.06 bits per heavy atom. The monoisotopic (exact) mass is 256 g/mol. The molecule has 0 aromatic rings. The van der Waals surface area contributed by atoms with Crippen LogP contribution in [0.5, 0.6) is 0 Å². The van der Waals surface area contributed by atoms with Gasteiger partial charge in [0.15, 0.2) is 0 Å². The van der Waals surface area contributed by atoms with Gasteiger partial charge in [-0.05, 0) is 18.9 Å². The van der Waals surface area contributed by atoms with Crippen LogP contribution in [0.2, 0.25) is 0 Å². The molecule has 0 unspecified atom stereocenters. The zero-order valence-corrected chi connectivity index (χ0v) is 11.2. The van der Waals surface area contributed by atoms with E-state index in [0.717, 1.165) is 12.8 Å². The third-order valence-corrected chi connectivity index (χ3v) is 2.56. The number of carboxylic acid groups (broad SMARTS) is 1. The van der Waals surface area contributed by atoms with E-state index >= 15 is 0 Å². The van der Waals surface area contributed by atoms with Crippen LogP contribution in [0.4, 0.5) is 0 Å². The molecule has 0 spiro atoms. The summed E-state index contributed by atoms with van der Waals surface area (Å²) in [7, 11) is 0. The predicted octanol–water partition coefficient (Wildman–Crippen LogP) is 3.66. The summed E-state index contributed by atoms with van der Waals surface area (Å²) in [5.41, 5.74) is 0. The van der Waals surface area contributed by atoms with E-state index in [-0.39, 0.29) is 12.8 Å². The van der Waals surface area contributed by atoms with Crippen LogP contribution in [0.3, 0.4) is 0 Å². The molecule has 0 fully saturated rings. The van der Waals surface area contributed by atoms with E-state index in [1.807, 2.05) is 6.08 Å². The maximum Gasteiger partial charge on any atom is 0.311 e. The highest BCUT2D eigenvalue weighted by molar-refractivity contribution is 5.76. The lowest BCUT2D eigenvalue weighted by Gasteiger charge is -1.98. The summed E-state index contributed by atoms with van der Waals surface area (Å²) in [6.45, 7) is 2.20. The van der Waals surface area contributed by atoms with Crippen molar-refractivity contribution in [1.82, 2.24) is 0 Å². The van der Waals surface area contributed by atoms with Gasteiger partial charge in [0.05, 0.1) is 19.1 Å². The van der Waals surface area contributed by atoms with Gasteiger partial charge in [-0.3, -0.25) is 9.59 Å². The fraction of sp³-hybridized carbons (Fsp3) is 0.714. The van der Waals surface area contributed by atoms with Crippen molar-refractivity contribution < 1.29 is 19.4 Å². The van der Waals surface area contributed by atoms with Crippen molar-refractivity contribution in [3.8, 4) is 0 Å². The Bertz CT molecular complexity index is 259. The van der Waals surface area contributed by atoms with Crippen molar-refractivity contribution in [2.75, 3.05) is 0 Å². The maximum absolute atomic E-state index is 11.0. The first-order valence-electron chi connectivity index (χ1n) is 6.73. The van der Waals surface area contributed by atoms with Crippen molar-refractivity contribution in [2.45, 2.75) is 64.7 Å². The summed E-state index contributed by atoms with van der Waals surface area (Å²) in [4.78, 5) is 21.2. The molecule has 0 saturated carbocycles. The SMILES string of the molecule is CCCCCCCC/C=C/OC(=O)CCC(=O)O. The number of aliphatic carboxylic acids is 1. The van der Waals surface area contributed by atoms with Crippen LogP contribution in [0.1, 0.15) is 64.7 Å². The van der Waals surface area contributed by atoms with E-state index in [2.05, 4.69) is 6.92 Å². The lowest BCUT2D eigenvalue weighted by atomic mass is 10.1. The van der Waals surface area contributed by atoms with E-state index in [1.165, 1.54) is 38.4 Å². The Balaban J connectivity index is 3.32. The summed E-state index contributed by atoms with van der Waals surface area (Å²) in [5, 5.41) is 8.37. The molecule has 104 valence electrons.